The summed E-state index contributed by atoms with van der Waals surface area (Å²) in [6, 6.07) is 9.56. The number of rotatable bonds is 2. The van der Waals surface area contributed by atoms with E-state index in [1.165, 1.54) is 0 Å². The summed E-state index contributed by atoms with van der Waals surface area (Å²) in [4.78, 5) is 9.85. The van der Waals surface area contributed by atoms with Gasteiger partial charge in [-0.25, -0.2) is 0 Å². The van der Waals surface area contributed by atoms with Crippen LogP contribution in [0.15, 0.2) is 30.3 Å². The topological polar surface area (TPSA) is 17.1 Å². The summed E-state index contributed by atoms with van der Waals surface area (Å²) in [6.45, 7) is 0. The van der Waals surface area contributed by atoms with Gasteiger partial charge in [-0.2, -0.15) is 0 Å². The van der Waals surface area contributed by atoms with Gasteiger partial charge in [-0.3, -0.25) is 6.29 Å². The molecule has 0 atom stereocenters. The van der Waals surface area contributed by atoms with Crippen molar-refractivity contribution in [2.24, 2.45) is 0 Å². The molecule has 1 rings (SSSR count). The Morgan fingerprint density at radius 3 is 2.30 bits per heavy atom. The molecule has 1 nitrogen and oxygen atoms in total. The van der Waals surface area contributed by atoms with Gasteiger partial charge in [0.1, 0.15) is 0 Å². The van der Waals surface area contributed by atoms with E-state index in [1.54, 1.807) is 0 Å². The molecule has 0 saturated heterocycles. The summed E-state index contributed by atoms with van der Waals surface area (Å²) in [5.41, 5.74) is 1.02. The van der Waals surface area contributed by atoms with E-state index in [0.29, 0.717) is 6.42 Å². The molecular formula is C8H7CuO. The van der Waals surface area contributed by atoms with Crippen LogP contribution in [-0.2, 0) is 28.3 Å². The van der Waals surface area contributed by atoms with Crippen LogP contribution in [0.25, 0.3) is 0 Å². The predicted molar refractivity (Wildman–Crippen MR) is 35.8 cm³/mol. The van der Waals surface area contributed by atoms with Gasteiger partial charge in [0.15, 0.2) is 0 Å². The SMILES string of the molecule is O=[C-]Cc1ccccc1.[Cu+]. The minimum absolute atomic E-state index is 0. The fourth-order valence-corrected chi connectivity index (χ4v) is 0.679. The second-order valence-corrected chi connectivity index (χ2v) is 1.81. The van der Waals surface area contributed by atoms with Crippen molar-refractivity contribution in [3.63, 3.8) is 0 Å². The summed E-state index contributed by atoms with van der Waals surface area (Å²) in [5, 5.41) is 0. The third kappa shape index (κ3) is 2.81. The third-order valence-corrected chi connectivity index (χ3v) is 1.12. The second-order valence-electron chi connectivity index (χ2n) is 1.81. The van der Waals surface area contributed by atoms with Crippen LogP contribution in [0.3, 0.4) is 0 Å². The van der Waals surface area contributed by atoms with E-state index in [-0.39, 0.29) is 17.1 Å². The zero-order valence-electron chi connectivity index (χ0n) is 5.30. The van der Waals surface area contributed by atoms with Crippen molar-refractivity contribution in [1.82, 2.24) is 0 Å². The Kier molecular flexibility index (Phi) is 4.91. The molecule has 10 heavy (non-hydrogen) atoms. The molecule has 0 N–H and O–H groups in total. The maximum Gasteiger partial charge on any atom is 1.00 e. The molecule has 0 radical (unpaired) electrons. The zero-order valence-corrected chi connectivity index (χ0v) is 6.25. The van der Waals surface area contributed by atoms with Gasteiger partial charge in [-0.1, -0.05) is 35.9 Å². The summed E-state index contributed by atoms with van der Waals surface area (Å²) in [7, 11) is 0. The van der Waals surface area contributed by atoms with Gasteiger partial charge >= 0.3 is 17.1 Å². The van der Waals surface area contributed by atoms with Crippen LogP contribution in [0.1, 0.15) is 5.56 Å². The Hall–Kier alpha value is -0.591. The second kappa shape index (κ2) is 5.21. The van der Waals surface area contributed by atoms with E-state index in [1.807, 2.05) is 36.6 Å². The molecule has 0 amide bonds. The van der Waals surface area contributed by atoms with Crippen molar-refractivity contribution in [3.8, 4) is 0 Å². The Morgan fingerprint density at radius 2 is 1.80 bits per heavy atom. The molecule has 1 aromatic rings. The van der Waals surface area contributed by atoms with Crippen molar-refractivity contribution >= 4 is 6.29 Å². The first-order valence-electron chi connectivity index (χ1n) is 2.82. The van der Waals surface area contributed by atoms with Crippen LogP contribution in [0.5, 0.6) is 0 Å². The van der Waals surface area contributed by atoms with Crippen LogP contribution in [0.2, 0.25) is 0 Å². The standard InChI is InChI=1S/C8H7O.Cu/c9-7-6-8-4-2-1-3-5-8;/h1-5H,6H2;/q-1;+1. The van der Waals surface area contributed by atoms with Gasteiger partial charge in [0.05, 0.1) is 0 Å². The third-order valence-electron chi connectivity index (χ3n) is 1.12. The van der Waals surface area contributed by atoms with E-state index in [2.05, 4.69) is 0 Å². The molecule has 0 aliphatic rings. The summed E-state index contributed by atoms with van der Waals surface area (Å²) in [6.07, 6.45) is 2.24. The van der Waals surface area contributed by atoms with Crippen molar-refractivity contribution < 1.29 is 21.9 Å². The quantitative estimate of drug-likeness (QED) is 0.499. The fraction of sp³-hybridized carbons (Fsp3) is 0.125. The average Bonchev–Trinajstić information content (AvgIpc) is 1.91. The number of carbonyl (C=O) groups excluding carboxylic acids is 1. The largest absolute Gasteiger partial charge is 1.00 e. The van der Waals surface area contributed by atoms with E-state index in [4.69, 9.17) is 0 Å². The van der Waals surface area contributed by atoms with Crippen molar-refractivity contribution in [1.29, 1.82) is 0 Å². The van der Waals surface area contributed by atoms with Crippen molar-refractivity contribution in [2.75, 3.05) is 0 Å². The molecular weight excluding hydrogens is 176 g/mol. The van der Waals surface area contributed by atoms with E-state index >= 15 is 0 Å². The first-order valence-corrected chi connectivity index (χ1v) is 2.82. The molecule has 0 saturated carbocycles. The van der Waals surface area contributed by atoms with Gasteiger partial charge in [-0.15, -0.1) is 6.42 Å². The van der Waals surface area contributed by atoms with Gasteiger partial charge in [0, 0.05) is 0 Å². The van der Waals surface area contributed by atoms with Gasteiger partial charge in [-0.05, 0) is 0 Å². The molecule has 0 fully saturated rings. The van der Waals surface area contributed by atoms with Gasteiger partial charge in [0.25, 0.3) is 0 Å². The van der Waals surface area contributed by atoms with Crippen molar-refractivity contribution in [2.45, 2.75) is 6.42 Å². The molecule has 0 aromatic heterocycles. The zero-order chi connectivity index (χ0) is 6.53. The molecule has 0 spiro atoms. The first-order chi connectivity index (χ1) is 4.43. The van der Waals surface area contributed by atoms with Crippen LogP contribution in [0.4, 0.5) is 0 Å². The minimum atomic E-state index is 0. The molecule has 0 unspecified atom stereocenters. The molecule has 0 heterocycles. The van der Waals surface area contributed by atoms with Crippen LogP contribution in [0, 0.1) is 0 Å². The smallest absolute Gasteiger partial charge is 0.541 e. The van der Waals surface area contributed by atoms with Crippen LogP contribution >= 0.6 is 0 Å². The Morgan fingerprint density at radius 1 is 1.20 bits per heavy atom. The van der Waals surface area contributed by atoms with E-state index in [9.17, 15) is 4.79 Å². The number of benzene rings is 1. The maximum absolute atomic E-state index is 9.85. The number of hydrogen-bond donors (Lipinski definition) is 0. The normalized spacial score (nSPS) is 8.00. The monoisotopic (exact) mass is 182 g/mol. The number of hydrogen-bond acceptors (Lipinski definition) is 1. The van der Waals surface area contributed by atoms with Crippen molar-refractivity contribution in [3.05, 3.63) is 35.9 Å². The Balaban J connectivity index is 0.000000810. The van der Waals surface area contributed by atoms with Gasteiger partial charge < -0.3 is 4.79 Å². The maximum atomic E-state index is 9.85. The molecule has 0 bridgehead atoms. The molecule has 56 valence electrons. The molecule has 0 aliphatic carbocycles. The summed E-state index contributed by atoms with van der Waals surface area (Å²) in [5.74, 6) is 0. The molecule has 0 aliphatic heterocycles. The Labute approximate surface area is 70.9 Å². The summed E-state index contributed by atoms with van der Waals surface area (Å²) < 4.78 is 0. The van der Waals surface area contributed by atoms with Crippen LogP contribution in [-0.4, -0.2) is 6.29 Å². The Bertz CT molecular complexity index is 184. The molecule has 1 aromatic carbocycles. The average molecular weight is 183 g/mol. The predicted octanol–water partition coefficient (Wildman–Crippen LogP) is 1.34. The fourth-order valence-electron chi connectivity index (χ4n) is 0.679. The summed E-state index contributed by atoms with van der Waals surface area (Å²) >= 11 is 0. The first kappa shape index (κ1) is 9.41. The van der Waals surface area contributed by atoms with E-state index < -0.39 is 0 Å². The van der Waals surface area contributed by atoms with Gasteiger partial charge in [0.2, 0.25) is 0 Å². The molecule has 2 heteroatoms. The van der Waals surface area contributed by atoms with Crippen LogP contribution < -0.4 is 0 Å². The van der Waals surface area contributed by atoms with E-state index in [0.717, 1.165) is 5.56 Å². The minimum Gasteiger partial charge on any atom is -0.541 e.